The van der Waals surface area contributed by atoms with E-state index in [1.54, 1.807) is 6.07 Å². The lowest BCUT2D eigenvalue weighted by molar-refractivity contribution is 0.0992. The number of furan rings is 1. The Morgan fingerprint density at radius 1 is 1.07 bits per heavy atom. The first kappa shape index (κ1) is 21.4. The molecule has 3 rings (SSSR count). The summed E-state index contributed by atoms with van der Waals surface area (Å²) >= 11 is 0. The summed E-state index contributed by atoms with van der Waals surface area (Å²) in [5.41, 5.74) is 2.26. The lowest BCUT2D eigenvalue weighted by Gasteiger charge is -2.09. The first-order chi connectivity index (χ1) is 14.2. The van der Waals surface area contributed by atoms with Gasteiger partial charge in [-0.1, -0.05) is 13.0 Å². The van der Waals surface area contributed by atoms with Crippen molar-refractivity contribution in [1.29, 1.82) is 0 Å². The van der Waals surface area contributed by atoms with Crippen LogP contribution in [-0.2, 0) is 16.4 Å². The molecule has 1 amide bonds. The van der Waals surface area contributed by atoms with E-state index in [0.29, 0.717) is 11.5 Å². The molecule has 0 aliphatic carbocycles. The van der Waals surface area contributed by atoms with Gasteiger partial charge in [0.05, 0.1) is 16.3 Å². The number of ether oxygens (including phenoxy) is 1. The lowest BCUT2D eigenvalue weighted by atomic mass is 10.1. The van der Waals surface area contributed by atoms with Crippen molar-refractivity contribution in [2.24, 2.45) is 0 Å². The fourth-order valence-electron chi connectivity index (χ4n) is 2.69. The maximum absolute atomic E-state index is 12.5. The maximum Gasteiger partial charge on any atom is 0.291 e. The molecule has 8 heteroatoms. The fraction of sp³-hybridized carbons (Fsp3) is 0.227. The predicted octanol–water partition coefficient (Wildman–Crippen LogP) is 4.23. The van der Waals surface area contributed by atoms with Gasteiger partial charge in [-0.05, 0) is 67.4 Å². The summed E-state index contributed by atoms with van der Waals surface area (Å²) < 4.78 is 35.3. The van der Waals surface area contributed by atoms with Crippen molar-refractivity contribution in [1.82, 2.24) is 0 Å². The molecule has 0 aliphatic heterocycles. The van der Waals surface area contributed by atoms with Gasteiger partial charge in [0.15, 0.2) is 15.6 Å². The zero-order chi connectivity index (χ0) is 21.9. The van der Waals surface area contributed by atoms with Crippen LogP contribution in [0.3, 0.4) is 0 Å². The van der Waals surface area contributed by atoms with Gasteiger partial charge in [0, 0.05) is 0 Å². The Hall–Kier alpha value is -3.26. The zero-order valence-electron chi connectivity index (χ0n) is 16.9. The van der Waals surface area contributed by atoms with Crippen molar-refractivity contribution < 1.29 is 27.5 Å². The van der Waals surface area contributed by atoms with Gasteiger partial charge < -0.3 is 19.6 Å². The highest BCUT2D eigenvalue weighted by Crippen LogP contribution is 2.28. The van der Waals surface area contributed by atoms with Crippen LogP contribution in [-0.4, -0.2) is 25.2 Å². The van der Waals surface area contributed by atoms with Gasteiger partial charge in [0.25, 0.3) is 5.91 Å². The number of nitrogens with one attached hydrogen (secondary N) is 1. The second kappa shape index (κ2) is 8.62. The van der Waals surface area contributed by atoms with E-state index in [9.17, 15) is 18.3 Å². The van der Waals surface area contributed by atoms with E-state index in [2.05, 4.69) is 5.32 Å². The minimum atomic E-state index is -3.48. The number of carbonyl (C=O) groups excluding carboxylic acids is 1. The van der Waals surface area contributed by atoms with Crippen LogP contribution in [0.4, 0.5) is 5.69 Å². The number of anilines is 1. The number of benzene rings is 2. The Bertz CT molecular complexity index is 1180. The van der Waals surface area contributed by atoms with Crippen LogP contribution in [0.2, 0.25) is 0 Å². The van der Waals surface area contributed by atoms with Crippen LogP contribution in [0, 0.1) is 13.8 Å². The molecule has 2 aromatic carbocycles. The summed E-state index contributed by atoms with van der Waals surface area (Å²) in [5.74, 6) is 0.200. The van der Waals surface area contributed by atoms with Gasteiger partial charge in [-0.3, -0.25) is 4.79 Å². The number of rotatable bonds is 7. The minimum Gasteiger partial charge on any atom is -0.506 e. The Morgan fingerprint density at radius 2 is 1.83 bits per heavy atom. The van der Waals surface area contributed by atoms with E-state index in [1.807, 2.05) is 32.0 Å². The maximum atomic E-state index is 12.5. The molecule has 158 valence electrons. The number of sulfone groups is 1. The van der Waals surface area contributed by atoms with Crippen LogP contribution in [0.1, 0.15) is 34.4 Å². The third-order valence-electron chi connectivity index (χ3n) is 4.70. The van der Waals surface area contributed by atoms with Gasteiger partial charge in [-0.25, -0.2) is 8.42 Å². The molecule has 2 N–H and O–H groups in total. The van der Waals surface area contributed by atoms with Crippen LogP contribution in [0.25, 0.3) is 0 Å². The summed E-state index contributed by atoms with van der Waals surface area (Å²) in [4.78, 5) is 12.5. The van der Waals surface area contributed by atoms with Gasteiger partial charge >= 0.3 is 0 Å². The molecule has 0 bridgehead atoms. The van der Waals surface area contributed by atoms with Crippen molar-refractivity contribution in [3.05, 3.63) is 71.2 Å². The third-order valence-corrected chi connectivity index (χ3v) is 6.43. The number of hydrogen-bond donors (Lipinski definition) is 2. The van der Waals surface area contributed by atoms with Crippen LogP contribution < -0.4 is 10.1 Å². The number of aromatic hydroxyl groups is 1. The Kier molecular flexibility index (Phi) is 6.17. The van der Waals surface area contributed by atoms with Crippen molar-refractivity contribution in [3.63, 3.8) is 0 Å². The Morgan fingerprint density at radius 3 is 2.53 bits per heavy atom. The van der Waals surface area contributed by atoms with Crippen LogP contribution in [0.5, 0.6) is 11.5 Å². The standard InChI is InChI=1S/C22H23NO6S/c1-4-30(26,27)18-8-9-20(24)19(12-18)23-22(25)21-10-7-17(29-21)13-28-16-6-5-14(2)15(3)11-16/h5-12,24H,4,13H2,1-3H3,(H,23,25). The smallest absolute Gasteiger partial charge is 0.291 e. The normalized spacial score (nSPS) is 11.3. The molecule has 1 aromatic heterocycles. The molecular weight excluding hydrogens is 406 g/mol. The summed E-state index contributed by atoms with van der Waals surface area (Å²) in [7, 11) is -3.48. The molecule has 0 fully saturated rings. The first-order valence-electron chi connectivity index (χ1n) is 9.35. The monoisotopic (exact) mass is 429 g/mol. The van der Waals surface area contributed by atoms with Gasteiger partial charge in [-0.15, -0.1) is 0 Å². The Labute approximate surface area is 175 Å². The van der Waals surface area contributed by atoms with Gasteiger partial charge in [0.2, 0.25) is 0 Å². The molecule has 30 heavy (non-hydrogen) atoms. The van der Waals surface area contributed by atoms with Crippen molar-refractivity contribution >= 4 is 21.4 Å². The van der Waals surface area contributed by atoms with E-state index in [4.69, 9.17) is 9.15 Å². The fourth-order valence-corrected chi connectivity index (χ4v) is 3.60. The molecule has 0 unspecified atom stereocenters. The van der Waals surface area contributed by atoms with E-state index >= 15 is 0 Å². The molecule has 3 aromatic rings. The van der Waals surface area contributed by atoms with Crippen molar-refractivity contribution in [2.75, 3.05) is 11.1 Å². The molecular formula is C22H23NO6S. The summed E-state index contributed by atoms with van der Waals surface area (Å²) in [6, 6.07) is 12.6. The molecule has 0 saturated heterocycles. The molecule has 7 nitrogen and oxygen atoms in total. The van der Waals surface area contributed by atoms with E-state index in [-0.39, 0.29) is 34.5 Å². The SMILES string of the molecule is CCS(=O)(=O)c1ccc(O)c(NC(=O)c2ccc(COc3ccc(C)c(C)c3)o2)c1. The number of phenolic OH excluding ortho intramolecular Hbond substituents is 1. The highest BCUT2D eigenvalue weighted by molar-refractivity contribution is 7.91. The molecule has 1 heterocycles. The van der Waals surface area contributed by atoms with Crippen LogP contribution in [0.15, 0.2) is 57.8 Å². The first-order valence-corrected chi connectivity index (χ1v) is 11.0. The van der Waals surface area contributed by atoms with Crippen LogP contribution >= 0.6 is 0 Å². The quantitative estimate of drug-likeness (QED) is 0.545. The predicted molar refractivity (Wildman–Crippen MR) is 113 cm³/mol. The third kappa shape index (κ3) is 4.83. The van der Waals surface area contributed by atoms with Gasteiger partial charge in [0.1, 0.15) is 23.9 Å². The van der Waals surface area contributed by atoms with Crippen molar-refractivity contribution in [2.45, 2.75) is 32.3 Å². The van der Waals surface area contributed by atoms with E-state index in [0.717, 1.165) is 5.56 Å². The second-order valence-electron chi connectivity index (χ2n) is 6.84. The van der Waals surface area contributed by atoms with E-state index in [1.165, 1.54) is 36.8 Å². The number of amides is 1. The molecule has 0 radical (unpaired) electrons. The highest BCUT2D eigenvalue weighted by atomic mass is 32.2. The average molecular weight is 429 g/mol. The lowest BCUT2D eigenvalue weighted by Crippen LogP contribution is -2.12. The molecule has 0 saturated carbocycles. The topological polar surface area (TPSA) is 106 Å². The number of hydrogen-bond acceptors (Lipinski definition) is 6. The van der Waals surface area contributed by atoms with Gasteiger partial charge in [-0.2, -0.15) is 0 Å². The number of phenols is 1. The second-order valence-corrected chi connectivity index (χ2v) is 9.12. The molecule has 0 spiro atoms. The number of aryl methyl sites for hydroxylation is 2. The van der Waals surface area contributed by atoms with Crippen molar-refractivity contribution in [3.8, 4) is 11.5 Å². The average Bonchev–Trinajstić information content (AvgIpc) is 3.19. The Balaban J connectivity index is 1.69. The zero-order valence-corrected chi connectivity index (χ0v) is 17.7. The largest absolute Gasteiger partial charge is 0.506 e. The molecule has 0 atom stereocenters. The summed E-state index contributed by atoms with van der Waals surface area (Å²) in [6.07, 6.45) is 0. The number of carbonyl (C=O) groups is 1. The highest BCUT2D eigenvalue weighted by Gasteiger charge is 2.17. The summed E-state index contributed by atoms with van der Waals surface area (Å²) in [6.45, 7) is 5.67. The molecule has 0 aliphatic rings. The van der Waals surface area contributed by atoms with E-state index < -0.39 is 15.7 Å². The minimum absolute atomic E-state index is 0.0110. The summed E-state index contributed by atoms with van der Waals surface area (Å²) in [5, 5.41) is 12.4.